The van der Waals surface area contributed by atoms with E-state index >= 15 is 0 Å². The quantitative estimate of drug-likeness (QED) is 0.752. The molecule has 0 aliphatic heterocycles. The molecule has 0 spiro atoms. The Hall–Kier alpha value is -1.72. The van der Waals surface area contributed by atoms with Gasteiger partial charge >= 0.3 is 5.97 Å². The summed E-state index contributed by atoms with van der Waals surface area (Å²) in [5, 5.41) is 19.5. The molecule has 0 amide bonds. The van der Waals surface area contributed by atoms with Crippen LogP contribution in [0.4, 0.5) is 5.95 Å². The highest BCUT2D eigenvalue weighted by atomic mass is 16.4. The molecule has 1 aromatic rings. The molecule has 2 rings (SSSR count). The van der Waals surface area contributed by atoms with E-state index in [0.717, 1.165) is 11.4 Å². The SMILES string of the molecule is Cc1nnc(NC2(C(=O)O)CC2)nc1C. The number of hydrogen-bond donors (Lipinski definition) is 2. The Morgan fingerprint density at radius 3 is 2.47 bits per heavy atom. The highest BCUT2D eigenvalue weighted by Crippen LogP contribution is 2.38. The first-order valence-corrected chi connectivity index (χ1v) is 4.73. The first kappa shape index (κ1) is 9.82. The number of aliphatic carboxylic acids is 1. The lowest BCUT2D eigenvalue weighted by atomic mass is 10.3. The maximum Gasteiger partial charge on any atom is 0.329 e. The Kier molecular flexibility index (Phi) is 2.06. The maximum atomic E-state index is 10.9. The molecule has 0 bridgehead atoms. The van der Waals surface area contributed by atoms with Crippen LogP contribution < -0.4 is 5.32 Å². The second kappa shape index (κ2) is 3.15. The van der Waals surface area contributed by atoms with Gasteiger partial charge in [-0.15, -0.1) is 5.10 Å². The molecule has 0 radical (unpaired) electrons. The second-order valence-corrected chi connectivity index (χ2v) is 3.82. The van der Waals surface area contributed by atoms with Gasteiger partial charge in [0.25, 0.3) is 0 Å². The van der Waals surface area contributed by atoms with E-state index in [1.807, 2.05) is 13.8 Å². The summed E-state index contributed by atoms with van der Waals surface area (Å²) in [4.78, 5) is 15.0. The number of hydrogen-bond acceptors (Lipinski definition) is 5. The minimum Gasteiger partial charge on any atom is -0.480 e. The van der Waals surface area contributed by atoms with Gasteiger partial charge in [-0.25, -0.2) is 9.78 Å². The largest absolute Gasteiger partial charge is 0.480 e. The number of aromatic nitrogens is 3. The molecule has 0 unspecified atom stereocenters. The predicted octanol–water partition coefficient (Wildman–Crippen LogP) is 0.518. The molecule has 1 heterocycles. The molecule has 1 fully saturated rings. The molecule has 80 valence electrons. The summed E-state index contributed by atoms with van der Waals surface area (Å²) in [6.45, 7) is 3.62. The molecule has 6 heteroatoms. The second-order valence-electron chi connectivity index (χ2n) is 3.82. The molecule has 1 aliphatic carbocycles. The highest BCUT2D eigenvalue weighted by Gasteiger charge is 2.51. The molecule has 0 aromatic carbocycles. The number of rotatable bonds is 3. The lowest BCUT2D eigenvalue weighted by Gasteiger charge is -2.11. The van der Waals surface area contributed by atoms with Crippen molar-refractivity contribution in [1.29, 1.82) is 0 Å². The summed E-state index contributed by atoms with van der Waals surface area (Å²) >= 11 is 0. The van der Waals surface area contributed by atoms with Gasteiger partial charge in [-0.3, -0.25) is 0 Å². The third kappa shape index (κ3) is 1.74. The van der Waals surface area contributed by atoms with E-state index in [1.54, 1.807) is 0 Å². The predicted molar refractivity (Wildman–Crippen MR) is 52.5 cm³/mol. The van der Waals surface area contributed by atoms with Crippen LogP contribution in [0.3, 0.4) is 0 Å². The average Bonchev–Trinajstić information content (AvgIpc) is 2.93. The lowest BCUT2D eigenvalue weighted by molar-refractivity contribution is -0.138. The standard InChI is InChI=1S/C9H12N4O2/c1-5-6(2)12-13-8(10-5)11-9(3-4-9)7(14)15/h3-4H2,1-2H3,(H,14,15)(H,10,11,13). The van der Waals surface area contributed by atoms with Crippen molar-refractivity contribution >= 4 is 11.9 Å². The van der Waals surface area contributed by atoms with Crippen LogP contribution in [0.2, 0.25) is 0 Å². The van der Waals surface area contributed by atoms with Gasteiger partial charge in [0.2, 0.25) is 5.95 Å². The summed E-state index contributed by atoms with van der Waals surface area (Å²) in [6.07, 6.45) is 1.22. The first-order chi connectivity index (χ1) is 7.03. The van der Waals surface area contributed by atoms with Gasteiger partial charge in [0.15, 0.2) is 0 Å². The van der Waals surface area contributed by atoms with Crippen molar-refractivity contribution in [2.75, 3.05) is 5.32 Å². The van der Waals surface area contributed by atoms with Gasteiger partial charge in [0.1, 0.15) is 5.54 Å². The molecule has 1 saturated carbocycles. The van der Waals surface area contributed by atoms with Crippen molar-refractivity contribution in [3.05, 3.63) is 11.4 Å². The summed E-state index contributed by atoms with van der Waals surface area (Å²) in [5.41, 5.74) is 0.651. The smallest absolute Gasteiger partial charge is 0.329 e. The van der Waals surface area contributed by atoms with Crippen LogP contribution >= 0.6 is 0 Å². The molecule has 0 saturated heterocycles. The van der Waals surface area contributed by atoms with Crippen molar-refractivity contribution < 1.29 is 9.90 Å². The number of carboxylic acids is 1. The molecule has 0 atom stereocenters. The molecule has 1 aromatic heterocycles. The minimum absolute atomic E-state index is 0.290. The van der Waals surface area contributed by atoms with Crippen LogP contribution in [0.25, 0.3) is 0 Å². The number of nitrogens with one attached hydrogen (secondary N) is 1. The number of carbonyl (C=O) groups is 1. The third-order valence-electron chi connectivity index (χ3n) is 2.60. The summed E-state index contributed by atoms with van der Waals surface area (Å²) in [7, 11) is 0. The van der Waals surface area contributed by atoms with Crippen LogP contribution in [-0.2, 0) is 4.79 Å². The van der Waals surface area contributed by atoms with E-state index in [2.05, 4.69) is 20.5 Å². The zero-order valence-electron chi connectivity index (χ0n) is 8.61. The molecule has 2 N–H and O–H groups in total. The van der Waals surface area contributed by atoms with E-state index in [0.29, 0.717) is 12.8 Å². The Labute approximate surface area is 86.7 Å². The number of aryl methyl sites for hydroxylation is 2. The van der Waals surface area contributed by atoms with Crippen LogP contribution in [0.15, 0.2) is 0 Å². The van der Waals surface area contributed by atoms with Crippen LogP contribution in [0, 0.1) is 13.8 Å². The minimum atomic E-state index is -0.858. The molecule has 6 nitrogen and oxygen atoms in total. The van der Waals surface area contributed by atoms with Crippen LogP contribution in [0.5, 0.6) is 0 Å². The fourth-order valence-corrected chi connectivity index (χ4v) is 1.24. The van der Waals surface area contributed by atoms with Crippen molar-refractivity contribution in [3.8, 4) is 0 Å². The molecular weight excluding hydrogens is 196 g/mol. The lowest BCUT2D eigenvalue weighted by Crippen LogP contribution is -2.32. The Morgan fingerprint density at radius 1 is 1.33 bits per heavy atom. The Balaban J connectivity index is 2.18. The number of carboxylic acid groups (broad SMARTS) is 1. The zero-order chi connectivity index (χ0) is 11.1. The number of anilines is 1. The van der Waals surface area contributed by atoms with Gasteiger partial charge in [-0.1, -0.05) is 0 Å². The van der Waals surface area contributed by atoms with E-state index in [4.69, 9.17) is 5.11 Å². The fraction of sp³-hybridized carbons (Fsp3) is 0.556. The maximum absolute atomic E-state index is 10.9. The van der Waals surface area contributed by atoms with E-state index in [1.165, 1.54) is 0 Å². The van der Waals surface area contributed by atoms with Crippen molar-refractivity contribution in [1.82, 2.24) is 15.2 Å². The van der Waals surface area contributed by atoms with Crippen LogP contribution in [0.1, 0.15) is 24.2 Å². The summed E-state index contributed by atoms with van der Waals surface area (Å²) in [6, 6.07) is 0. The van der Waals surface area contributed by atoms with E-state index in [-0.39, 0.29) is 5.95 Å². The first-order valence-electron chi connectivity index (χ1n) is 4.73. The topological polar surface area (TPSA) is 88.0 Å². The normalized spacial score (nSPS) is 17.2. The van der Waals surface area contributed by atoms with Crippen molar-refractivity contribution in [2.24, 2.45) is 0 Å². The average molecular weight is 208 g/mol. The zero-order valence-corrected chi connectivity index (χ0v) is 8.61. The van der Waals surface area contributed by atoms with Gasteiger partial charge < -0.3 is 10.4 Å². The van der Waals surface area contributed by atoms with Crippen molar-refractivity contribution in [2.45, 2.75) is 32.2 Å². The van der Waals surface area contributed by atoms with E-state index < -0.39 is 11.5 Å². The fourth-order valence-electron chi connectivity index (χ4n) is 1.24. The van der Waals surface area contributed by atoms with E-state index in [9.17, 15) is 4.79 Å². The third-order valence-corrected chi connectivity index (χ3v) is 2.60. The summed E-state index contributed by atoms with van der Waals surface area (Å²) in [5.74, 6) is -0.567. The van der Waals surface area contributed by atoms with Crippen molar-refractivity contribution in [3.63, 3.8) is 0 Å². The van der Waals surface area contributed by atoms with Gasteiger partial charge in [0, 0.05) is 0 Å². The highest BCUT2D eigenvalue weighted by molar-refractivity contribution is 5.85. The summed E-state index contributed by atoms with van der Waals surface area (Å²) < 4.78 is 0. The Bertz CT molecular complexity index is 415. The van der Waals surface area contributed by atoms with Gasteiger partial charge in [0.05, 0.1) is 11.4 Å². The molecule has 15 heavy (non-hydrogen) atoms. The number of nitrogens with zero attached hydrogens (tertiary/aromatic N) is 3. The van der Waals surface area contributed by atoms with Gasteiger partial charge in [-0.2, -0.15) is 5.10 Å². The molecular formula is C9H12N4O2. The van der Waals surface area contributed by atoms with Gasteiger partial charge in [-0.05, 0) is 26.7 Å². The Morgan fingerprint density at radius 2 is 2.00 bits per heavy atom. The monoisotopic (exact) mass is 208 g/mol. The molecule has 1 aliphatic rings. The van der Waals surface area contributed by atoms with Crippen LogP contribution in [-0.4, -0.2) is 31.8 Å².